The third kappa shape index (κ3) is 4.12. The standard InChI is InChI=1S/C16H16FN3O3S2/c17-13-3-1-2-12-14(8-9-24-15(12)13)20-16(21)19-10-4-6-11(7-5-10)25(18,22)23/h1-7,14H,8-9H2,(H2,18,22,23)(H2,19,20,21)/t14-/m1/s1. The van der Waals surface area contributed by atoms with Gasteiger partial charge < -0.3 is 10.6 Å². The Morgan fingerprint density at radius 1 is 1.20 bits per heavy atom. The van der Waals surface area contributed by atoms with Crippen molar-refractivity contribution >= 4 is 33.5 Å². The lowest BCUT2D eigenvalue weighted by atomic mass is 10.0. The van der Waals surface area contributed by atoms with Crippen LogP contribution in [0.1, 0.15) is 18.0 Å². The average molecular weight is 381 g/mol. The Labute approximate surface area is 149 Å². The van der Waals surface area contributed by atoms with Gasteiger partial charge in [0, 0.05) is 16.3 Å². The lowest BCUT2D eigenvalue weighted by Gasteiger charge is -2.26. The summed E-state index contributed by atoms with van der Waals surface area (Å²) >= 11 is 1.44. The van der Waals surface area contributed by atoms with Gasteiger partial charge in [-0.1, -0.05) is 12.1 Å². The summed E-state index contributed by atoms with van der Waals surface area (Å²) in [7, 11) is -3.77. The summed E-state index contributed by atoms with van der Waals surface area (Å²) in [6, 6.07) is 9.62. The second-order valence-electron chi connectivity index (χ2n) is 5.52. The summed E-state index contributed by atoms with van der Waals surface area (Å²) < 4.78 is 36.3. The summed E-state index contributed by atoms with van der Waals surface area (Å²) in [5, 5.41) is 10.5. The molecule has 132 valence electrons. The second-order valence-corrected chi connectivity index (χ2v) is 8.18. The van der Waals surface area contributed by atoms with Gasteiger partial charge in [-0.3, -0.25) is 0 Å². The molecule has 4 N–H and O–H groups in total. The van der Waals surface area contributed by atoms with E-state index in [1.807, 2.05) is 0 Å². The van der Waals surface area contributed by atoms with E-state index in [2.05, 4.69) is 10.6 Å². The highest BCUT2D eigenvalue weighted by atomic mass is 32.2. The number of benzene rings is 2. The minimum Gasteiger partial charge on any atom is -0.331 e. The van der Waals surface area contributed by atoms with Crippen molar-refractivity contribution in [1.29, 1.82) is 0 Å². The number of carbonyl (C=O) groups is 1. The van der Waals surface area contributed by atoms with Gasteiger partial charge in [-0.2, -0.15) is 0 Å². The highest BCUT2D eigenvalue weighted by molar-refractivity contribution is 7.99. The molecule has 1 atom stereocenters. The van der Waals surface area contributed by atoms with E-state index in [0.717, 1.165) is 5.56 Å². The van der Waals surface area contributed by atoms with Crippen LogP contribution in [0.25, 0.3) is 0 Å². The predicted molar refractivity (Wildman–Crippen MR) is 94.5 cm³/mol. The number of halogens is 1. The van der Waals surface area contributed by atoms with Crippen LogP contribution >= 0.6 is 11.8 Å². The van der Waals surface area contributed by atoms with Crippen molar-refractivity contribution in [3.05, 3.63) is 53.8 Å². The summed E-state index contributed by atoms with van der Waals surface area (Å²) in [6.07, 6.45) is 0.693. The summed E-state index contributed by atoms with van der Waals surface area (Å²) in [6.45, 7) is 0. The minimum absolute atomic E-state index is 0.0350. The largest absolute Gasteiger partial charge is 0.331 e. The zero-order valence-corrected chi connectivity index (χ0v) is 14.7. The Morgan fingerprint density at radius 3 is 2.60 bits per heavy atom. The van der Waals surface area contributed by atoms with Gasteiger partial charge in [-0.25, -0.2) is 22.7 Å². The van der Waals surface area contributed by atoms with Gasteiger partial charge in [-0.15, -0.1) is 11.8 Å². The van der Waals surface area contributed by atoms with E-state index in [0.29, 0.717) is 22.8 Å². The Kier molecular flexibility index (Phi) is 4.98. The van der Waals surface area contributed by atoms with Crippen LogP contribution in [-0.4, -0.2) is 20.2 Å². The molecule has 0 saturated heterocycles. The smallest absolute Gasteiger partial charge is 0.319 e. The Bertz CT molecular complexity index is 901. The molecule has 1 aliphatic heterocycles. The number of nitrogens with two attached hydrogens (primary N) is 1. The third-order valence-corrected chi connectivity index (χ3v) is 5.86. The van der Waals surface area contributed by atoms with E-state index in [-0.39, 0.29) is 16.8 Å². The van der Waals surface area contributed by atoms with Crippen LogP contribution in [0, 0.1) is 5.82 Å². The summed E-state index contributed by atoms with van der Waals surface area (Å²) in [4.78, 5) is 12.7. The molecule has 0 unspecified atom stereocenters. The molecule has 1 heterocycles. The quantitative estimate of drug-likeness (QED) is 0.761. The molecular weight excluding hydrogens is 365 g/mol. The normalized spacial score (nSPS) is 16.8. The first-order chi connectivity index (χ1) is 11.8. The van der Waals surface area contributed by atoms with Gasteiger partial charge in [0.05, 0.1) is 10.9 Å². The number of hydrogen-bond acceptors (Lipinski definition) is 4. The molecule has 6 nitrogen and oxygen atoms in total. The van der Waals surface area contributed by atoms with Gasteiger partial charge in [0.25, 0.3) is 0 Å². The van der Waals surface area contributed by atoms with Crippen molar-refractivity contribution in [2.24, 2.45) is 5.14 Å². The van der Waals surface area contributed by atoms with E-state index in [1.54, 1.807) is 12.1 Å². The fourth-order valence-electron chi connectivity index (χ4n) is 2.59. The van der Waals surface area contributed by atoms with Crippen molar-refractivity contribution in [3.8, 4) is 0 Å². The van der Waals surface area contributed by atoms with Gasteiger partial charge in [0.1, 0.15) is 5.82 Å². The Hall–Kier alpha value is -2.10. The fraction of sp³-hybridized carbons (Fsp3) is 0.188. The molecule has 0 aromatic heterocycles. The first kappa shape index (κ1) is 17.7. The maximum absolute atomic E-state index is 13.9. The van der Waals surface area contributed by atoms with E-state index in [9.17, 15) is 17.6 Å². The van der Waals surface area contributed by atoms with Crippen LogP contribution in [0.3, 0.4) is 0 Å². The molecule has 25 heavy (non-hydrogen) atoms. The highest BCUT2D eigenvalue weighted by Gasteiger charge is 2.24. The molecule has 1 aliphatic rings. The fourth-order valence-corrected chi connectivity index (χ4v) is 4.25. The third-order valence-electron chi connectivity index (χ3n) is 3.77. The van der Waals surface area contributed by atoms with Crippen LogP contribution in [0.5, 0.6) is 0 Å². The number of rotatable bonds is 3. The maximum atomic E-state index is 13.9. The number of hydrogen-bond donors (Lipinski definition) is 3. The molecular formula is C16H16FN3O3S2. The number of primary sulfonamides is 1. The van der Waals surface area contributed by atoms with Crippen LogP contribution in [0.15, 0.2) is 52.3 Å². The number of sulfonamides is 1. The zero-order valence-electron chi connectivity index (χ0n) is 13.0. The maximum Gasteiger partial charge on any atom is 0.319 e. The Morgan fingerprint density at radius 2 is 1.92 bits per heavy atom. The van der Waals surface area contributed by atoms with Gasteiger partial charge in [-0.05, 0) is 42.3 Å². The van der Waals surface area contributed by atoms with Crippen LogP contribution in [0.2, 0.25) is 0 Å². The van der Waals surface area contributed by atoms with Gasteiger partial charge >= 0.3 is 6.03 Å². The zero-order chi connectivity index (χ0) is 18.0. The molecule has 0 bridgehead atoms. The molecule has 0 radical (unpaired) electrons. The number of anilines is 1. The SMILES string of the molecule is NS(=O)(=O)c1ccc(NC(=O)N[C@@H]2CCSc3c(F)cccc32)cc1. The Balaban J connectivity index is 1.69. The summed E-state index contributed by atoms with van der Waals surface area (Å²) in [5.41, 5.74) is 1.19. The van der Waals surface area contributed by atoms with Crippen molar-refractivity contribution in [1.82, 2.24) is 5.32 Å². The second kappa shape index (κ2) is 7.03. The lowest BCUT2D eigenvalue weighted by molar-refractivity contribution is 0.248. The molecule has 0 aliphatic carbocycles. The van der Waals surface area contributed by atoms with E-state index in [1.165, 1.54) is 42.1 Å². The molecule has 2 amide bonds. The first-order valence-electron chi connectivity index (χ1n) is 7.46. The van der Waals surface area contributed by atoms with Crippen molar-refractivity contribution in [2.75, 3.05) is 11.1 Å². The van der Waals surface area contributed by atoms with Gasteiger partial charge in [0.2, 0.25) is 10.0 Å². The molecule has 2 aromatic rings. The number of thioether (sulfide) groups is 1. The predicted octanol–water partition coefficient (Wildman–Crippen LogP) is 2.83. The van der Waals surface area contributed by atoms with Crippen LogP contribution in [0.4, 0.5) is 14.9 Å². The molecule has 3 rings (SSSR count). The van der Waals surface area contributed by atoms with E-state index in [4.69, 9.17) is 5.14 Å². The van der Waals surface area contributed by atoms with Gasteiger partial charge in [0.15, 0.2) is 0 Å². The molecule has 0 saturated carbocycles. The number of carbonyl (C=O) groups excluding carboxylic acids is 1. The van der Waals surface area contributed by atoms with E-state index < -0.39 is 16.1 Å². The van der Waals surface area contributed by atoms with Crippen molar-refractivity contribution < 1.29 is 17.6 Å². The number of urea groups is 1. The minimum atomic E-state index is -3.77. The molecule has 2 aromatic carbocycles. The van der Waals surface area contributed by atoms with E-state index >= 15 is 0 Å². The highest BCUT2D eigenvalue weighted by Crippen LogP contribution is 2.37. The monoisotopic (exact) mass is 381 g/mol. The van der Waals surface area contributed by atoms with Crippen LogP contribution in [-0.2, 0) is 10.0 Å². The van der Waals surface area contributed by atoms with Crippen LogP contribution < -0.4 is 15.8 Å². The average Bonchev–Trinajstić information content (AvgIpc) is 2.55. The number of nitrogens with one attached hydrogen (secondary N) is 2. The lowest BCUT2D eigenvalue weighted by Crippen LogP contribution is -2.34. The molecule has 0 fully saturated rings. The first-order valence-corrected chi connectivity index (χ1v) is 9.99. The molecule has 9 heteroatoms. The van der Waals surface area contributed by atoms with Crippen molar-refractivity contribution in [3.63, 3.8) is 0 Å². The topological polar surface area (TPSA) is 101 Å². The number of fused-ring (bicyclic) bond motifs is 1. The molecule has 0 spiro atoms. The number of amides is 2. The van der Waals surface area contributed by atoms with Crippen molar-refractivity contribution in [2.45, 2.75) is 22.3 Å². The summed E-state index contributed by atoms with van der Waals surface area (Å²) in [5.74, 6) is 0.426.